The minimum Gasteiger partial charge on any atom is -0.432 e. The molecule has 0 bridgehead atoms. The van der Waals surface area contributed by atoms with Crippen LogP contribution in [0.4, 0.5) is 13.2 Å². The smallest absolute Gasteiger partial charge is 0.387 e. The van der Waals surface area contributed by atoms with Crippen LogP contribution in [0.15, 0.2) is 36.5 Å². The van der Waals surface area contributed by atoms with Gasteiger partial charge in [0.25, 0.3) is 5.91 Å². The number of benzene rings is 1. The van der Waals surface area contributed by atoms with Gasteiger partial charge in [-0.25, -0.2) is 4.39 Å². The molecule has 0 radical (unpaired) electrons. The van der Waals surface area contributed by atoms with Gasteiger partial charge in [0.1, 0.15) is 0 Å². The van der Waals surface area contributed by atoms with E-state index >= 15 is 0 Å². The Morgan fingerprint density at radius 1 is 1.33 bits per heavy atom. The van der Waals surface area contributed by atoms with Crippen molar-refractivity contribution in [2.24, 2.45) is 0 Å². The highest BCUT2D eigenvalue weighted by Crippen LogP contribution is 2.41. The quantitative estimate of drug-likeness (QED) is 0.717. The van der Waals surface area contributed by atoms with E-state index in [1.165, 1.54) is 10.7 Å². The number of rotatable bonds is 6. The number of ether oxygens (including phenoxy) is 1. The molecular weight excluding hydrogens is 361 g/mol. The summed E-state index contributed by atoms with van der Waals surface area (Å²) < 4.78 is 43.8. The molecule has 1 aromatic carbocycles. The van der Waals surface area contributed by atoms with E-state index in [2.05, 4.69) is 20.3 Å². The number of halogens is 3. The van der Waals surface area contributed by atoms with Crippen LogP contribution >= 0.6 is 0 Å². The highest BCUT2D eigenvalue weighted by atomic mass is 19.3. The first-order valence-corrected chi connectivity index (χ1v) is 8.38. The van der Waals surface area contributed by atoms with Crippen LogP contribution in [0, 0.1) is 5.82 Å². The zero-order valence-electron chi connectivity index (χ0n) is 14.0. The first-order chi connectivity index (χ1) is 13.0. The molecule has 1 amide bonds. The summed E-state index contributed by atoms with van der Waals surface area (Å²) in [6.45, 7) is -2.93. The van der Waals surface area contributed by atoms with E-state index in [-0.39, 0.29) is 12.1 Å². The molecular formula is C18H15F3N4O2. The maximum Gasteiger partial charge on any atom is 0.387 e. The highest BCUT2D eigenvalue weighted by molar-refractivity contribution is 5.94. The SMILES string of the molecule is O=C(NCc1c(C2CC2)nn2ncccc12)c1ccc(OC(F)F)c(F)c1. The molecule has 3 aromatic rings. The molecule has 1 N–H and O–H groups in total. The van der Waals surface area contributed by atoms with Gasteiger partial charge in [-0.1, -0.05) is 0 Å². The first kappa shape index (κ1) is 17.3. The summed E-state index contributed by atoms with van der Waals surface area (Å²) in [7, 11) is 0. The summed E-state index contributed by atoms with van der Waals surface area (Å²) in [5, 5.41) is 11.4. The molecule has 0 unspecified atom stereocenters. The van der Waals surface area contributed by atoms with E-state index in [0.717, 1.165) is 41.7 Å². The zero-order valence-corrected chi connectivity index (χ0v) is 14.0. The van der Waals surface area contributed by atoms with Crippen molar-refractivity contribution in [1.29, 1.82) is 0 Å². The second-order valence-electron chi connectivity index (χ2n) is 6.24. The molecule has 140 valence electrons. The summed E-state index contributed by atoms with van der Waals surface area (Å²) in [4.78, 5) is 12.3. The van der Waals surface area contributed by atoms with Crippen molar-refractivity contribution < 1.29 is 22.7 Å². The van der Waals surface area contributed by atoms with Gasteiger partial charge in [0.05, 0.1) is 11.2 Å². The third kappa shape index (κ3) is 3.57. The largest absolute Gasteiger partial charge is 0.432 e. The van der Waals surface area contributed by atoms with Crippen molar-refractivity contribution >= 4 is 11.4 Å². The van der Waals surface area contributed by atoms with Gasteiger partial charge in [0.2, 0.25) is 0 Å². The second kappa shape index (κ2) is 6.90. The molecule has 0 aliphatic heterocycles. The average Bonchev–Trinajstić information content (AvgIpc) is 3.42. The fourth-order valence-corrected chi connectivity index (χ4v) is 2.93. The van der Waals surface area contributed by atoms with Crippen LogP contribution in [0.3, 0.4) is 0 Å². The topological polar surface area (TPSA) is 68.5 Å². The van der Waals surface area contributed by atoms with Gasteiger partial charge < -0.3 is 10.1 Å². The number of aromatic nitrogens is 3. The minimum atomic E-state index is -3.13. The standard InChI is InChI=1S/C18H15F3N4O2/c19-13-8-11(5-6-15(13)27-18(20)21)17(26)22-9-12-14-2-1-7-23-25(14)24-16(12)10-3-4-10/h1-2,5-8,10,18H,3-4,9H2,(H,22,26). The minimum absolute atomic E-state index is 0.0108. The summed E-state index contributed by atoms with van der Waals surface area (Å²) in [6, 6.07) is 6.76. The first-order valence-electron chi connectivity index (χ1n) is 8.38. The van der Waals surface area contributed by atoms with Crippen molar-refractivity contribution in [2.45, 2.75) is 31.9 Å². The molecule has 9 heteroatoms. The van der Waals surface area contributed by atoms with Gasteiger partial charge >= 0.3 is 6.61 Å². The number of amides is 1. The average molecular weight is 376 g/mol. The van der Waals surface area contributed by atoms with Gasteiger partial charge in [0, 0.05) is 29.8 Å². The molecule has 1 fully saturated rings. The molecule has 0 saturated heterocycles. The van der Waals surface area contributed by atoms with Crippen LogP contribution in [-0.2, 0) is 6.54 Å². The van der Waals surface area contributed by atoms with Gasteiger partial charge in [-0.15, -0.1) is 0 Å². The molecule has 27 heavy (non-hydrogen) atoms. The molecule has 6 nitrogen and oxygen atoms in total. The lowest BCUT2D eigenvalue weighted by Crippen LogP contribution is -2.23. The molecule has 0 spiro atoms. The third-order valence-electron chi connectivity index (χ3n) is 4.35. The highest BCUT2D eigenvalue weighted by Gasteiger charge is 2.30. The lowest BCUT2D eigenvalue weighted by Gasteiger charge is -2.09. The van der Waals surface area contributed by atoms with Crippen molar-refractivity contribution in [3.63, 3.8) is 0 Å². The Balaban J connectivity index is 1.52. The summed E-state index contributed by atoms with van der Waals surface area (Å²) >= 11 is 0. The van der Waals surface area contributed by atoms with E-state index in [1.54, 1.807) is 12.3 Å². The number of hydrogen-bond donors (Lipinski definition) is 1. The predicted octanol–water partition coefficient (Wildman–Crippen LogP) is 3.28. The van der Waals surface area contributed by atoms with Crippen LogP contribution in [0.2, 0.25) is 0 Å². The van der Waals surface area contributed by atoms with Crippen molar-refractivity contribution in [1.82, 2.24) is 20.1 Å². The number of carbonyl (C=O) groups is 1. The van der Waals surface area contributed by atoms with E-state index in [4.69, 9.17) is 0 Å². The number of nitrogens with one attached hydrogen (secondary N) is 1. The zero-order chi connectivity index (χ0) is 19.0. The Hall–Kier alpha value is -3.10. The van der Waals surface area contributed by atoms with Crippen LogP contribution in [0.5, 0.6) is 5.75 Å². The fraction of sp³-hybridized carbons (Fsp3) is 0.278. The van der Waals surface area contributed by atoms with Gasteiger partial charge in [-0.2, -0.15) is 23.6 Å². The molecule has 1 saturated carbocycles. The number of nitrogens with zero attached hydrogens (tertiary/aromatic N) is 3. The number of alkyl halides is 2. The lowest BCUT2D eigenvalue weighted by molar-refractivity contribution is -0.0521. The number of hydrogen-bond acceptors (Lipinski definition) is 4. The third-order valence-corrected chi connectivity index (χ3v) is 4.35. The van der Waals surface area contributed by atoms with Crippen LogP contribution < -0.4 is 10.1 Å². The number of carbonyl (C=O) groups excluding carboxylic acids is 1. The molecule has 1 aliphatic carbocycles. The number of fused-ring (bicyclic) bond motifs is 1. The summed E-state index contributed by atoms with van der Waals surface area (Å²) in [5.41, 5.74) is 2.58. The Morgan fingerprint density at radius 3 is 2.85 bits per heavy atom. The Bertz CT molecular complexity index is 1000. The summed E-state index contributed by atoms with van der Waals surface area (Å²) in [5.74, 6) is -1.79. The van der Waals surface area contributed by atoms with Gasteiger partial charge in [0.15, 0.2) is 11.6 Å². The van der Waals surface area contributed by atoms with E-state index < -0.39 is 24.1 Å². The van der Waals surface area contributed by atoms with Gasteiger partial charge in [-0.05, 0) is 43.2 Å². The normalized spacial score (nSPS) is 13.9. The Labute approximate surface area is 151 Å². The maximum atomic E-state index is 13.8. The molecule has 0 atom stereocenters. The van der Waals surface area contributed by atoms with E-state index in [9.17, 15) is 18.0 Å². The predicted molar refractivity (Wildman–Crippen MR) is 89.2 cm³/mol. The van der Waals surface area contributed by atoms with Crippen LogP contribution in [-0.4, -0.2) is 27.3 Å². The molecule has 2 aromatic heterocycles. The Kier molecular flexibility index (Phi) is 4.43. The van der Waals surface area contributed by atoms with Crippen LogP contribution in [0.1, 0.15) is 40.4 Å². The summed E-state index contributed by atoms with van der Waals surface area (Å²) in [6.07, 6.45) is 3.72. The van der Waals surface area contributed by atoms with Gasteiger partial charge in [-0.3, -0.25) is 4.79 Å². The van der Waals surface area contributed by atoms with Crippen molar-refractivity contribution in [3.8, 4) is 5.75 Å². The van der Waals surface area contributed by atoms with Crippen molar-refractivity contribution in [2.75, 3.05) is 0 Å². The lowest BCUT2D eigenvalue weighted by atomic mass is 10.1. The molecule has 4 rings (SSSR count). The second-order valence-corrected chi connectivity index (χ2v) is 6.24. The monoisotopic (exact) mass is 376 g/mol. The van der Waals surface area contributed by atoms with Crippen molar-refractivity contribution in [3.05, 3.63) is 59.2 Å². The van der Waals surface area contributed by atoms with Crippen LogP contribution in [0.25, 0.3) is 5.52 Å². The van der Waals surface area contributed by atoms with E-state index in [1.807, 2.05) is 6.07 Å². The maximum absolute atomic E-state index is 13.8. The van der Waals surface area contributed by atoms with E-state index in [0.29, 0.717) is 5.92 Å². The fourth-order valence-electron chi connectivity index (χ4n) is 2.93. The Morgan fingerprint density at radius 2 is 2.15 bits per heavy atom. The molecule has 1 aliphatic rings. The molecule has 2 heterocycles.